The van der Waals surface area contributed by atoms with Crippen LogP contribution in [0.2, 0.25) is 0 Å². The van der Waals surface area contributed by atoms with E-state index in [1.54, 1.807) is 11.3 Å². The summed E-state index contributed by atoms with van der Waals surface area (Å²) in [6, 6.07) is 5.70. The fourth-order valence-electron chi connectivity index (χ4n) is 1.67. The van der Waals surface area contributed by atoms with E-state index in [9.17, 15) is 4.79 Å². The van der Waals surface area contributed by atoms with Gasteiger partial charge in [0.2, 0.25) is 0 Å². The molecule has 0 amide bonds. The topological polar surface area (TPSA) is 50.2 Å². The van der Waals surface area contributed by atoms with E-state index in [1.165, 1.54) is 6.42 Å². The molecule has 0 unspecified atom stereocenters. The van der Waals surface area contributed by atoms with Crippen LogP contribution in [-0.2, 0) is 17.0 Å². The van der Waals surface area contributed by atoms with Gasteiger partial charge in [-0.05, 0) is 29.9 Å². The van der Waals surface area contributed by atoms with Crippen LogP contribution in [0.25, 0.3) is 10.2 Å². The van der Waals surface area contributed by atoms with Crippen molar-refractivity contribution >= 4 is 39.3 Å². The number of hydrogen-bond donors (Lipinski definition) is 1. The molecular weight excluding hydrogens is 266 g/mol. The van der Waals surface area contributed by atoms with Crippen LogP contribution in [0.3, 0.4) is 0 Å². The summed E-state index contributed by atoms with van der Waals surface area (Å²) in [5, 5.41) is 9.89. The molecule has 0 aliphatic heterocycles. The fourth-order valence-corrected chi connectivity index (χ4v) is 3.65. The van der Waals surface area contributed by atoms with E-state index in [2.05, 4.69) is 11.9 Å². The molecule has 0 aliphatic carbocycles. The molecule has 0 bridgehead atoms. The number of rotatable bonds is 6. The quantitative estimate of drug-likeness (QED) is 0.822. The van der Waals surface area contributed by atoms with E-state index in [0.717, 1.165) is 32.3 Å². The largest absolute Gasteiger partial charge is 0.481 e. The van der Waals surface area contributed by atoms with E-state index in [-0.39, 0.29) is 6.42 Å². The second-order valence-electron chi connectivity index (χ2n) is 4.03. The Balaban J connectivity index is 2.14. The summed E-state index contributed by atoms with van der Waals surface area (Å²) in [7, 11) is 0. The number of carboxylic acids is 1. The van der Waals surface area contributed by atoms with Crippen molar-refractivity contribution in [2.24, 2.45) is 0 Å². The first-order valence-electron chi connectivity index (χ1n) is 5.87. The van der Waals surface area contributed by atoms with Gasteiger partial charge in [0.15, 0.2) is 0 Å². The molecule has 0 aliphatic rings. The number of nitrogens with zero attached hydrogens (tertiary/aromatic N) is 1. The van der Waals surface area contributed by atoms with Crippen molar-refractivity contribution in [2.45, 2.75) is 25.5 Å². The molecule has 0 fully saturated rings. The molecule has 0 radical (unpaired) electrons. The van der Waals surface area contributed by atoms with E-state index >= 15 is 0 Å². The van der Waals surface area contributed by atoms with Crippen molar-refractivity contribution < 1.29 is 9.90 Å². The van der Waals surface area contributed by atoms with Gasteiger partial charge in [0, 0.05) is 5.75 Å². The number of carbonyl (C=O) groups is 1. The van der Waals surface area contributed by atoms with Crippen molar-refractivity contribution in [3.8, 4) is 0 Å². The van der Waals surface area contributed by atoms with E-state index in [0.29, 0.717) is 0 Å². The van der Waals surface area contributed by atoms with Crippen LogP contribution < -0.4 is 0 Å². The van der Waals surface area contributed by atoms with Crippen molar-refractivity contribution in [1.29, 1.82) is 0 Å². The van der Waals surface area contributed by atoms with Crippen molar-refractivity contribution in [1.82, 2.24) is 4.98 Å². The van der Waals surface area contributed by atoms with Crippen LogP contribution in [0.15, 0.2) is 18.2 Å². The van der Waals surface area contributed by atoms with E-state index < -0.39 is 5.97 Å². The van der Waals surface area contributed by atoms with Crippen LogP contribution in [-0.4, -0.2) is 21.8 Å². The molecule has 3 nitrogen and oxygen atoms in total. The first-order valence-corrected chi connectivity index (χ1v) is 7.84. The SMILES string of the molecule is CCCSCc1nc2ccc(CC(=O)O)cc2s1. The maximum absolute atomic E-state index is 10.7. The lowest BCUT2D eigenvalue weighted by molar-refractivity contribution is -0.136. The Morgan fingerprint density at radius 3 is 3.06 bits per heavy atom. The smallest absolute Gasteiger partial charge is 0.307 e. The minimum absolute atomic E-state index is 0.0771. The Morgan fingerprint density at radius 2 is 2.33 bits per heavy atom. The normalized spacial score (nSPS) is 10.9. The minimum atomic E-state index is -0.794. The molecule has 1 aromatic carbocycles. The van der Waals surface area contributed by atoms with Crippen molar-refractivity contribution in [3.05, 3.63) is 28.8 Å². The molecule has 18 heavy (non-hydrogen) atoms. The average molecular weight is 281 g/mol. The van der Waals surface area contributed by atoms with Crippen LogP contribution in [0.4, 0.5) is 0 Å². The third kappa shape index (κ3) is 3.46. The van der Waals surface area contributed by atoms with Crippen molar-refractivity contribution in [3.63, 3.8) is 0 Å². The van der Waals surface area contributed by atoms with Gasteiger partial charge >= 0.3 is 5.97 Å². The molecule has 0 atom stereocenters. The summed E-state index contributed by atoms with van der Waals surface area (Å²) >= 11 is 3.55. The molecule has 1 aromatic heterocycles. The Labute approximate surface area is 114 Å². The highest BCUT2D eigenvalue weighted by Crippen LogP contribution is 2.26. The predicted octanol–water partition coefficient (Wildman–Crippen LogP) is 3.57. The van der Waals surface area contributed by atoms with Crippen LogP contribution in [0.5, 0.6) is 0 Å². The summed E-state index contributed by atoms with van der Waals surface area (Å²) in [5.41, 5.74) is 1.81. The summed E-state index contributed by atoms with van der Waals surface area (Å²) < 4.78 is 1.08. The zero-order chi connectivity index (χ0) is 13.0. The van der Waals surface area contributed by atoms with Gasteiger partial charge in [0.05, 0.1) is 16.6 Å². The van der Waals surface area contributed by atoms with Crippen LogP contribution in [0, 0.1) is 0 Å². The molecule has 96 valence electrons. The summed E-state index contributed by atoms with van der Waals surface area (Å²) in [6.45, 7) is 2.17. The maximum Gasteiger partial charge on any atom is 0.307 e. The number of hydrogen-bond acceptors (Lipinski definition) is 4. The number of carboxylic acid groups (broad SMARTS) is 1. The Kier molecular flexibility index (Phi) is 4.60. The average Bonchev–Trinajstić information content (AvgIpc) is 2.70. The maximum atomic E-state index is 10.7. The molecule has 0 saturated heterocycles. The van der Waals surface area contributed by atoms with Gasteiger partial charge in [-0.1, -0.05) is 13.0 Å². The summed E-state index contributed by atoms with van der Waals surface area (Å²) in [6.07, 6.45) is 1.26. The van der Waals surface area contributed by atoms with E-state index in [4.69, 9.17) is 5.11 Å². The molecule has 1 heterocycles. The molecule has 2 rings (SSSR count). The van der Waals surface area contributed by atoms with Gasteiger partial charge in [-0.2, -0.15) is 11.8 Å². The molecule has 1 N–H and O–H groups in total. The van der Waals surface area contributed by atoms with E-state index in [1.807, 2.05) is 30.0 Å². The Morgan fingerprint density at radius 1 is 1.50 bits per heavy atom. The molecular formula is C13H15NO2S2. The number of aromatic nitrogens is 1. The number of thioether (sulfide) groups is 1. The monoisotopic (exact) mass is 281 g/mol. The van der Waals surface area contributed by atoms with Gasteiger partial charge in [0.25, 0.3) is 0 Å². The molecule has 2 aromatic rings. The third-order valence-electron chi connectivity index (χ3n) is 2.43. The highest BCUT2D eigenvalue weighted by molar-refractivity contribution is 7.98. The number of thiazole rings is 1. The lowest BCUT2D eigenvalue weighted by Crippen LogP contribution is -1.99. The lowest BCUT2D eigenvalue weighted by Gasteiger charge is -1.95. The van der Waals surface area contributed by atoms with Gasteiger partial charge in [-0.25, -0.2) is 4.98 Å². The lowest BCUT2D eigenvalue weighted by atomic mass is 10.1. The molecule has 0 saturated carbocycles. The van der Waals surface area contributed by atoms with Gasteiger partial charge in [0.1, 0.15) is 5.01 Å². The van der Waals surface area contributed by atoms with Crippen LogP contribution in [0.1, 0.15) is 23.9 Å². The summed E-state index contributed by atoms with van der Waals surface area (Å²) in [4.78, 5) is 15.2. The first kappa shape index (κ1) is 13.4. The number of benzene rings is 1. The van der Waals surface area contributed by atoms with Gasteiger partial charge < -0.3 is 5.11 Å². The Hall–Kier alpha value is -1.07. The van der Waals surface area contributed by atoms with Gasteiger partial charge in [-0.15, -0.1) is 11.3 Å². The van der Waals surface area contributed by atoms with Crippen molar-refractivity contribution in [2.75, 3.05) is 5.75 Å². The predicted molar refractivity (Wildman–Crippen MR) is 77.4 cm³/mol. The zero-order valence-corrected chi connectivity index (χ0v) is 11.8. The third-order valence-corrected chi connectivity index (χ3v) is 4.80. The molecule has 0 spiro atoms. The zero-order valence-electron chi connectivity index (χ0n) is 10.2. The standard InChI is InChI=1S/C13H15NO2S2/c1-2-5-17-8-12-14-10-4-3-9(7-13(15)16)6-11(10)18-12/h3-4,6H,2,5,7-8H2,1H3,(H,15,16). The highest BCUT2D eigenvalue weighted by atomic mass is 32.2. The highest BCUT2D eigenvalue weighted by Gasteiger charge is 2.06. The number of aliphatic carboxylic acids is 1. The minimum Gasteiger partial charge on any atom is -0.481 e. The second kappa shape index (κ2) is 6.20. The molecule has 5 heteroatoms. The Bertz CT molecular complexity index is 551. The fraction of sp³-hybridized carbons (Fsp3) is 0.385. The van der Waals surface area contributed by atoms with Gasteiger partial charge in [-0.3, -0.25) is 4.79 Å². The number of fused-ring (bicyclic) bond motifs is 1. The summed E-state index contributed by atoms with van der Waals surface area (Å²) in [5.74, 6) is 1.30. The van der Waals surface area contributed by atoms with Crippen LogP contribution >= 0.6 is 23.1 Å². The second-order valence-corrected chi connectivity index (χ2v) is 6.25. The first-order chi connectivity index (χ1) is 8.69.